The molecule has 2 aromatic carbocycles. The molecule has 0 spiro atoms. The summed E-state index contributed by atoms with van der Waals surface area (Å²) in [6, 6.07) is 18.3. The molecule has 4 aromatic rings. The maximum absolute atomic E-state index is 5.89. The SMILES string of the molecule is Clc1ccc(CNc2ncc(-c3cc4ccccc4s3)cn2)cc1. The van der Waals surface area contributed by atoms with Gasteiger partial charge in [-0.1, -0.05) is 41.9 Å². The van der Waals surface area contributed by atoms with Crippen molar-refractivity contribution in [1.29, 1.82) is 0 Å². The van der Waals surface area contributed by atoms with Crippen molar-refractivity contribution in [2.24, 2.45) is 0 Å². The second kappa shape index (κ2) is 6.59. The van der Waals surface area contributed by atoms with Crippen LogP contribution in [0.5, 0.6) is 0 Å². The first-order valence-corrected chi connectivity index (χ1v) is 8.77. The van der Waals surface area contributed by atoms with E-state index in [1.165, 1.54) is 15.0 Å². The van der Waals surface area contributed by atoms with Crippen molar-refractivity contribution < 1.29 is 0 Å². The average molecular weight is 352 g/mol. The Kier molecular flexibility index (Phi) is 4.15. The van der Waals surface area contributed by atoms with Gasteiger partial charge >= 0.3 is 0 Å². The molecule has 1 N–H and O–H groups in total. The molecule has 4 rings (SSSR count). The Morgan fingerprint density at radius 3 is 2.46 bits per heavy atom. The van der Waals surface area contributed by atoms with Crippen LogP contribution in [0.3, 0.4) is 0 Å². The lowest BCUT2D eigenvalue weighted by atomic mass is 10.2. The van der Waals surface area contributed by atoms with E-state index in [-0.39, 0.29) is 0 Å². The molecule has 0 aliphatic heterocycles. The molecule has 0 bridgehead atoms. The molecule has 0 aliphatic carbocycles. The van der Waals surface area contributed by atoms with Gasteiger partial charge in [-0.05, 0) is 35.2 Å². The summed E-state index contributed by atoms with van der Waals surface area (Å²) in [5, 5.41) is 5.21. The normalized spacial score (nSPS) is 10.9. The molecule has 24 heavy (non-hydrogen) atoms. The summed E-state index contributed by atoms with van der Waals surface area (Å²) in [6.45, 7) is 0.666. The summed E-state index contributed by atoms with van der Waals surface area (Å²) in [6.07, 6.45) is 3.73. The van der Waals surface area contributed by atoms with E-state index in [9.17, 15) is 0 Å². The summed E-state index contributed by atoms with van der Waals surface area (Å²) < 4.78 is 1.28. The van der Waals surface area contributed by atoms with Gasteiger partial charge in [-0.2, -0.15) is 0 Å². The number of nitrogens with one attached hydrogen (secondary N) is 1. The first-order valence-electron chi connectivity index (χ1n) is 7.57. The van der Waals surface area contributed by atoms with Gasteiger partial charge in [0.25, 0.3) is 0 Å². The zero-order chi connectivity index (χ0) is 16.4. The largest absolute Gasteiger partial charge is 0.350 e. The zero-order valence-corrected chi connectivity index (χ0v) is 14.3. The first-order chi connectivity index (χ1) is 11.8. The fraction of sp³-hybridized carbons (Fsp3) is 0.0526. The molecule has 0 unspecified atom stereocenters. The number of fused-ring (bicyclic) bond motifs is 1. The van der Waals surface area contributed by atoms with E-state index in [1.54, 1.807) is 11.3 Å². The Morgan fingerprint density at radius 1 is 0.958 bits per heavy atom. The second-order valence-electron chi connectivity index (χ2n) is 5.42. The third-order valence-electron chi connectivity index (χ3n) is 3.73. The van der Waals surface area contributed by atoms with Gasteiger partial charge in [-0.3, -0.25) is 0 Å². The lowest BCUT2D eigenvalue weighted by molar-refractivity contribution is 1.06. The minimum absolute atomic E-state index is 0.620. The molecule has 0 radical (unpaired) electrons. The van der Waals surface area contributed by atoms with Crippen molar-refractivity contribution in [2.75, 3.05) is 5.32 Å². The van der Waals surface area contributed by atoms with Crippen LogP contribution >= 0.6 is 22.9 Å². The van der Waals surface area contributed by atoms with Gasteiger partial charge in [0.1, 0.15) is 0 Å². The standard InChI is InChI=1S/C19H14ClN3S/c20-16-7-5-13(6-8-16)10-21-19-22-11-15(12-23-19)18-9-14-3-1-2-4-17(14)24-18/h1-9,11-12H,10H2,(H,21,22,23). The summed E-state index contributed by atoms with van der Waals surface area (Å²) >= 11 is 7.64. The summed E-state index contributed by atoms with van der Waals surface area (Å²) in [5.41, 5.74) is 2.17. The Hall–Kier alpha value is -2.43. The van der Waals surface area contributed by atoms with E-state index in [1.807, 2.05) is 36.7 Å². The molecule has 118 valence electrons. The molecule has 5 heteroatoms. The number of nitrogens with zero attached hydrogens (tertiary/aromatic N) is 2. The highest BCUT2D eigenvalue weighted by molar-refractivity contribution is 7.22. The van der Waals surface area contributed by atoms with Gasteiger partial charge < -0.3 is 5.32 Å². The van der Waals surface area contributed by atoms with Crippen LogP contribution in [0.15, 0.2) is 67.0 Å². The van der Waals surface area contributed by atoms with Gasteiger partial charge in [-0.15, -0.1) is 11.3 Å². The van der Waals surface area contributed by atoms with E-state index >= 15 is 0 Å². The molecule has 0 amide bonds. The number of hydrogen-bond donors (Lipinski definition) is 1. The third-order valence-corrected chi connectivity index (χ3v) is 5.14. The predicted octanol–water partition coefficient (Wildman–Crippen LogP) is 5.62. The zero-order valence-electron chi connectivity index (χ0n) is 12.7. The van der Waals surface area contributed by atoms with Crippen LogP contribution in [-0.2, 0) is 6.54 Å². The van der Waals surface area contributed by atoms with Crippen molar-refractivity contribution in [3.05, 3.63) is 77.6 Å². The number of aromatic nitrogens is 2. The molecule has 0 atom stereocenters. The van der Waals surface area contributed by atoms with E-state index in [0.29, 0.717) is 12.5 Å². The smallest absolute Gasteiger partial charge is 0.222 e. The molecule has 0 aliphatic rings. The molecule has 0 saturated carbocycles. The van der Waals surface area contributed by atoms with E-state index in [0.717, 1.165) is 16.1 Å². The Bertz CT molecular complexity index is 929. The molecule has 2 heterocycles. The van der Waals surface area contributed by atoms with Gasteiger partial charge in [-0.25, -0.2) is 9.97 Å². The quantitative estimate of drug-likeness (QED) is 0.518. The van der Waals surface area contributed by atoms with Crippen LogP contribution in [0.2, 0.25) is 5.02 Å². The number of hydrogen-bond acceptors (Lipinski definition) is 4. The van der Waals surface area contributed by atoms with Crippen molar-refractivity contribution in [1.82, 2.24) is 9.97 Å². The number of halogens is 1. The Morgan fingerprint density at radius 2 is 1.71 bits per heavy atom. The summed E-state index contributed by atoms with van der Waals surface area (Å²) in [5.74, 6) is 0.620. The Labute approximate surface area is 149 Å². The lowest BCUT2D eigenvalue weighted by Crippen LogP contribution is -2.03. The van der Waals surface area contributed by atoms with E-state index < -0.39 is 0 Å². The van der Waals surface area contributed by atoms with Crippen LogP contribution in [-0.4, -0.2) is 9.97 Å². The topological polar surface area (TPSA) is 37.8 Å². The molecular weight excluding hydrogens is 338 g/mol. The highest BCUT2D eigenvalue weighted by Crippen LogP contribution is 2.32. The van der Waals surface area contributed by atoms with Gasteiger partial charge in [0.15, 0.2) is 0 Å². The van der Waals surface area contributed by atoms with Gasteiger partial charge in [0, 0.05) is 39.1 Å². The summed E-state index contributed by atoms with van der Waals surface area (Å²) in [7, 11) is 0. The van der Waals surface area contributed by atoms with Crippen LogP contribution in [0.25, 0.3) is 20.5 Å². The fourth-order valence-electron chi connectivity index (χ4n) is 2.45. The molecule has 0 fully saturated rings. The molecule has 2 aromatic heterocycles. The predicted molar refractivity (Wildman–Crippen MR) is 102 cm³/mol. The average Bonchev–Trinajstić information content (AvgIpc) is 3.06. The Balaban J connectivity index is 1.48. The molecule has 0 saturated heterocycles. The van der Waals surface area contributed by atoms with Gasteiger partial charge in [0.2, 0.25) is 5.95 Å². The number of rotatable bonds is 4. The van der Waals surface area contributed by atoms with Crippen molar-refractivity contribution in [2.45, 2.75) is 6.54 Å². The second-order valence-corrected chi connectivity index (χ2v) is 6.94. The molecular formula is C19H14ClN3S. The minimum atomic E-state index is 0.620. The van der Waals surface area contributed by atoms with E-state index in [2.05, 4.69) is 45.6 Å². The monoisotopic (exact) mass is 351 g/mol. The minimum Gasteiger partial charge on any atom is -0.350 e. The molecule has 3 nitrogen and oxygen atoms in total. The highest BCUT2D eigenvalue weighted by Gasteiger charge is 2.05. The lowest BCUT2D eigenvalue weighted by Gasteiger charge is -2.05. The van der Waals surface area contributed by atoms with Crippen molar-refractivity contribution in [3.8, 4) is 10.4 Å². The maximum Gasteiger partial charge on any atom is 0.222 e. The highest BCUT2D eigenvalue weighted by atomic mass is 35.5. The van der Waals surface area contributed by atoms with Crippen molar-refractivity contribution in [3.63, 3.8) is 0 Å². The number of thiophene rings is 1. The fourth-order valence-corrected chi connectivity index (χ4v) is 3.62. The number of benzene rings is 2. The van der Waals surface area contributed by atoms with Gasteiger partial charge in [0.05, 0.1) is 0 Å². The first kappa shape index (κ1) is 15.1. The van der Waals surface area contributed by atoms with Crippen LogP contribution < -0.4 is 5.32 Å². The number of anilines is 1. The van der Waals surface area contributed by atoms with Crippen LogP contribution in [0, 0.1) is 0 Å². The van der Waals surface area contributed by atoms with Crippen molar-refractivity contribution >= 4 is 39.0 Å². The van der Waals surface area contributed by atoms with Crippen LogP contribution in [0.4, 0.5) is 5.95 Å². The van der Waals surface area contributed by atoms with E-state index in [4.69, 9.17) is 11.6 Å². The maximum atomic E-state index is 5.89. The third kappa shape index (κ3) is 3.25. The summed E-state index contributed by atoms with van der Waals surface area (Å²) in [4.78, 5) is 10.0. The van der Waals surface area contributed by atoms with Crippen LogP contribution in [0.1, 0.15) is 5.56 Å².